The molecule has 1 aromatic heterocycles. The zero-order valence-corrected chi connectivity index (χ0v) is 10.8. The zero-order valence-electron chi connectivity index (χ0n) is 9.18. The van der Waals surface area contributed by atoms with Crippen molar-refractivity contribution in [3.8, 4) is 5.75 Å². The lowest BCUT2D eigenvalue weighted by Gasteiger charge is -2.07. The average Bonchev–Trinajstić information content (AvgIpc) is 2.32. The normalized spacial score (nSPS) is 10.0. The van der Waals surface area contributed by atoms with Gasteiger partial charge in [-0.15, -0.1) is 0 Å². The van der Waals surface area contributed by atoms with E-state index in [4.69, 9.17) is 28.6 Å². The minimum Gasteiger partial charge on any atom is -0.445 e. The van der Waals surface area contributed by atoms with Crippen molar-refractivity contribution in [1.82, 2.24) is 4.98 Å². The first-order chi connectivity index (χ1) is 8.15. The van der Waals surface area contributed by atoms with Crippen molar-refractivity contribution >= 4 is 28.9 Å². The number of hydrogen-bond acceptors (Lipinski definition) is 3. The summed E-state index contributed by atoms with van der Waals surface area (Å²) in [6.45, 7) is 2.02. The van der Waals surface area contributed by atoms with Gasteiger partial charge < -0.3 is 4.74 Å². The number of aromatic nitrogens is 1. The summed E-state index contributed by atoms with van der Waals surface area (Å²) < 4.78 is 5.56. The SMILES string of the molecule is Cc1ccc(OC(=S)c2ccnc(Cl)c2)cc1. The molecule has 1 heterocycles. The van der Waals surface area contributed by atoms with Gasteiger partial charge in [0.25, 0.3) is 0 Å². The van der Waals surface area contributed by atoms with Crippen LogP contribution in [0.1, 0.15) is 11.1 Å². The van der Waals surface area contributed by atoms with E-state index in [1.165, 1.54) is 5.56 Å². The summed E-state index contributed by atoms with van der Waals surface area (Å²) in [7, 11) is 0. The Morgan fingerprint density at radius 2 is 1.94 bits per heavy atom. The van der Waals surface area contributed by atoms with Crippen molar-refractivity contribution in [3.63, 3.8) is 0 Å². The third kappa shape index (κ3) is 3.25. The molecule has 0 saturated heterocycles. The number of hydrogen-bond donors (Lipinski definition) is 0. The molecule has 0 spiro atoms. The van der Waals surface area contributed by atoms with Crippen LogP contribution in [0.15, 0.2) is 42.6 Å². The Bertz CT molecular complexity index is 539. The Kier molecular flexibility index (Phi) is 3.71. The molecule has 0 aliphatic heterocycles. The summed E-state index contributed by atoms with van der Waals surface area (Å²) in [6.07, 6.45) is 1.60. The predicted molar refractivity (Wildman–Crippen MR) is 72.8 cm³/mol. The minimum absolute atomic E-state index is 0.387. The number of thiocarbonyl (C=S) groups is 1. The van der Waals surface area contributed by atoms with E-state index in [1.807, 2.05) is 31.2 Å². The molecule has 0 N–H and O–H groups in total. The lowest BCUT2D eigenvalue weighted by molar-refractivity contribution is 0.566. The summed E-state index contributed by atoms with van der Waals surface area (Å²) in [5, 5.41) is 0.788. The van der Waals surface area contributed by atoms with Gasteiger partial charge in [-0.2, -0.15) is 0 Å². The van der Waals surface area contributed by atoms with Crippen molar-refractivity contribution in [2.75, 3.05) is 0 Å². The smallest absolute Gasteiger partial charge is 0.198 e. The topological polar surface area (TPSA) is 22.1 Å². The number of ether oxygens (including phenoxy) is 1. The molecule has 1 aromatic carbocycles. The largest absolute Gasteiger partial charge is 0.445 e. The van der Waals surface area contributed by atoms with Gasteiger partial charge in [0.05, 0.1) is 0 Å². The summed E-state index contributed by atoms with van der Waals surface area (Å²) in [5.74, 6) is 0.716. The Balaban J connectivity index is 2.14. The Morgan fingerprint density at radius 1 is 1.24 bits per heavy atom. The molecule has 2 rings (SSSR count). The number of halogens is 1. The van der Waals surface area contributed by atoms with Crippen LogP contribution in [0.25, 0.3) is 0 Å². The van der Waals surface area contributed by atoms with Gasteiger partial charge in [0.2, 0.25) is 0 Å². The van der Waals surface area contributed by atoms with Crippen molar-refractivity contribution in [2.24, 2.45) is 0 Å². The van der Waals surface area contributed by atoms with E-state index in [2.05, 4.69) is 4.98 Å². The van der Waals surface area contributed by atoms with Crippen molar-refractivity contribution < 1.29 is 4.74 Å². The highest BCUT2D eigenvalue weighted by molar-refractivity contribution is 7.80. The van der Waals surface area contributed by atoms with E-state index in [1.54, 1.807) is 18.3 Å². The highest BCUT2D eigenvalue weighted by atomic mass is 35.5. The van der Waals surface area contributed by atoms with E-state index in [0.717, 1.165) is 5.56 Å². The lowest BCUT2D eigenvalue weighted by Crippen LogP contribution is -2.07. The molecule has 4 heteroatoms. The summed E-state index contributed by atoms with van der Waals surface area (Å²) in [6, 6.07) is 11.1. The second-order valence-electron chi connectivity index (χ2n) is 3.57. The second-order valence-corrected chi connectivity index (χ2v) is 4.33. The molecule has 0 unspecified atom stereocenters. The zero-order chi connectivity index (χ0) is 12.3. The first-order valence-corrected chi connectivity index (χ1v) is 5.84. The van der Waals surface area contributed by atoms with Crippen LogP contribution in [0.2, 0.25) is 5.15 Å². The fourth-order valence-corrected chi connectivity index (χ4v) is 1.70. The molecule has 0 bridgehead atoms. The molecule has 2 aromatic rings. The van der Waals surface area contributed by atoms with Crippen molar-refractivity contribution in [1.29, 1.82) is 0 Å². The van der Waals surface area contributed by atoms with Gasteiger partial charge in [0.15, 0.2) is 5.05 Å². The molecule has 0 aliphatic rings. The first kappa shape index (κ1) is 12.0. The molecule has 0 saturated carbocycles. The standard InChI is InChI=1S/C13H10ClNOS/c1-9-2-4-11(5-3-9)16-13(17)10-6-7-15-12(14)8-10/h2-8H,1H3. The number of pyridine rings is 1. The van der Waals surface area contributed by atoms with Crippen LogP contribution >= 0.6 is 23.8 Å². The Labute approximate surface area is 110 Å². The fraction of sp³-hybridized carbons (Fsp3) is 0.0769. The predicted octanol–water partition coefficient (Wildman–Crippen LogP) is 3.80. The quantitative estimate of drug-likeness (QED) is 0.608. The molecule has 2 nitrogen and oxygen atoms in total. The highest BCUT2D eigenvalue weighted by Gasteiger charge is 2.04. The number of aryl methyl sites for hydroxylation is 1. The summed E-state index contributed by atoms with van der Waals surface area (Å²) >= 11 is 11.0. The van der Waals surface area contributed by atoms with Crippen LogP contribution in [0, 0.1) is 6.92 Å². The lowest BCUT2D eigenvalue weighted by atomic mass is 10.2. The second kappa shape index (κ2) is 5.25. The molecule has 86 valence electrons. The fourth-order valence-electron chi connectivity index (χ4n) is 1.30. The van der Waals surface area contributed by atoms with E-state index in [-0.39, 0.29) is 0 Å². The molecule has 0 atom stereocenters. The van der Waals surface area contributed by atoms with Crippen LogP contribution in [0.4, 0.5) is 0 Å². The minimum atomic E-state index is 0.387. The van der Waals surface area contributed by atoms with Gasteiger partial charge in [-0.3, -0.25) is 0 Å². The molecule has 0 fully saturated rings. The molecule has 0 radical (unpaired) electrons. The van der Waals surface area contributed by atoms with E-state index < -0.39 is 0 Å². The maximum atomic E-state index is 5.79. The third-order valence-corrected chi connectivity index (χ3v) is 2.72. The maximum Gasteiger partial charge on any atom is 0.198 e. The van der Waals surface area contributed by atoms with Crippen molar-refractivity contribution in [2.45, 2.75) is 6.92 Å². The van der Waals surface area contributed by atoms with E-state index in [9.17, 15) is 0 Å². The van der Waals surface area contributed by atoms with Gasteiger partial charge in [-0.25, -0.2) is 4.98 Å². The van der Waals surface area contributed by atoms with Crippen LogP contribution in [-0.4, -0.2) is 10.0 Å². The molecule has 0 aliphatic carbocycles. The van der Waals surface area contributed by atoms with Gasteiger partial charge in [0, 0.05) is 11.8 Å². The van der Waals surface area contributed by atoms with E-state index in [0.29, 0.717) is 16.0 Å². The van der Waals surface area contributed by atoms with Crippen LogP contribution in [-0.2, 0) is 0 Å². The van der Waals surface area contributed by atoms with Crippen LogP contribution < -0.4 is 4.74 Å². The van der Waals surface area contributed by atoms with Crippen LogP contribution in [0.3, 0.4) is 0 Å². The number of rotatable bonds is 2. The maximum absolute atomic E-state index is 5.79. The monoisotopic (exact) mass is 263 g/mol. The molecule has 17 heavy (non-hydrogen) atoms. The van der Waals surface area contributed by atoms with Crippen LogP contribution in [0.5, 0.6) is 5.75 Å². The van der Waals surface area contributed by atoms with Gasteiger partial charge in [0.1, 0.15) is 10.9 Å². The van der Waals surface area contributed by atoms with Gasteiger partial charge in [-0.05, 0) is 43.4 Å². The van der Waals surface area contributed by atoms with Gasteiger partial charge in [-0.1, -0.05) is 29.3 Å². The Hall–Kier alpha value is -1.45. The highest BCUT2D eigenvalue weighted by Crippen LogP contribution is 2.15. The molecular weight excluding hydrogens is 254 g/mol. The number of nitrogens with zero attached hydrogens (tertiary/aromatic N) is 1. The number of benzene rings is 1. The van der Waals surface area contributed by atoms with Crippen molar-refractivity contribution in [3.05, 3.63) is 58.9 Å². The average molecular weight is 264 g/mol. The first-order valence-electron chi connectivity index (χ1n) is 5.05. The molecule has 0 amide bonds. The van der Waals surface area contributed by atoms with E-state index >= 15 is 0 Å². The summed E-state index contributed by atoms with van der Waals surface area (Å²) in [5.41, 5.74) is 1.93. The summed E-state index contributed by atoms with van der Waals surface area (Å²) in [4.78, 5) is 3.89. The molecular formula is C13H10ClNOS. The third-order valence-electron chi connectivity index (χ3n) is 2.19. The Morgan fingerprint density at radius 3 is 2.59 bits per heavy atom. The van der Waals surface area contributed by atoms with Gasteiger partial charge >= 0.3 is 0 Å².